The zero-order chi connectivity index (χ0) is 35.1. The van der Waals surface area contributed by atoms with Gasteiger partial charge in [0, 0.05) is 29.0 Å². The van der Waals surface area contributed by atoms with Crippen molar-refractivity contribution in [2.45, 2.75) is 57.1 Å². The van der Waals surface area contributed by atoms with Crippen molar-refractivity contribution in [2.75, 3.05) is 25.1 Å². The SMILES string of the molecule is COc1ccc(OC)c(N(CC(=O)N(Cc2ccc(Br)cc2)[C@H](Cc2ccccc2)C(=O)NC(C)(C)C)S(=O)(=O)c2ccc(C)cc2)c1. The van der Waals surface area contributed by atoms with Crippen molar-refractivity contribution in [2.24, 2.45) is 0 Å². The summed E-state index contributed by atoms with van der Waals surface area (Å²) in [6, 6.07) is 27.0. The van der Waals surface area contributed by atoms with Gasteiger partial charge in [0.2, 0.25) is 11.8 Å². The molecule has 48 heavy (non-hydrogen) atoms. The van der Waals surface area contributed by atoms with E-state index in [4.69, 9.17) is 9.47 Å². The molecule has 254 valence electrons. The lowest BCUT2D eigenvalue weighted by atomic mass is 10.0. The summed E-state index contributed by atoms with van der Waals surface area (Å²) >= 11 is 3.46. The van der Waals surface area contributed by atoms with Crippen LogP contribution in [0.1, 0.15) is 37.5 Å². The predicted octanol–water partition coefficient (Wildman–Crippen LogP) is 6.52. The zero-order valence-corrected chi connectivity index (χ0v) is 30.5. The summed E-state index contributed by atoms with van der Waals surface area (Å²) < 4.78 is 41.7. The third-order valence-electron chi connectivity index (χ3n) is 7.58. The fraction of sp³-hybridized carbons (Fsp3) is 0.297. The largest absolute Gasteiger partial charge is 0.497 e. The first-order valence-electron chi connectivity index (χ1n) is 15.4. The van der Waals surface area contributed by atoms with Gasteiger partial charge in [0.25, 0.3) is 10.0 Å². The summed E-state index contributed by atoms with van der Waals surface area (Å²) in [5.41, 5.74) is 2.02. The molecule has 0 bridgehead atoms. The van der Waals surface area contributed by atoms with Gasteiger partial charge in [-0.3, -0.25) is 13.9 Å². The van der Waals surface area contributed by atoms with Gasteiger partial charge in [-0.25, -0.2) is 8.42 Å². The highest BCUT2D eigenvalue weighted by Crippen LogP contribution is 2.36. The van der Waals surface area contributed by atoms with Crippen LogP contribution in [0.3, 0.4) is 0 Å². The van der Waals surface area contributed by atoms with Crippen molar-refractivity contribution in [3.63, 3.8) is 0 Å². The van der Waals surface area contributed by atoms with Crippen molar-refractivity contribution in [1.82, 2.24) is 10.2 Å². The van der Waals surface area contributed by atoms with E-state index in [0.29, 0.717) is 5.75 Å². The first-order chi connectivity index (χ1) is 22.7. The van der Waals surface area contributed by atoms with E-state index in [0.717, 1.165) is 25.5 Å². The van der Waals surface area contributed by atoms with Crippen molar-refractivity contribution in [3.05, 3.63) is 118 Å². The third kappa shape index (κ3) is 9.38. The summed E-state index contributed by atoms with van der Waals surface area (Å²) in [5.74, 6) is -0.335. The lowest BCUT2D eigenvalue weighted by molar-refractivity contribution is -0.140. The number of amides is 2. The van der Waals surface area contributed by atoms with Crippen LogP contribution in [-0.4, -0.2) is 57.5 Å². The van der Waals surface area contributed by atoms with E-state index in [9.17, 15) is 18.0 Å². The smallest absolute Gasteiger partial charge is 0.264 e. The fourth-order valence-corrected chi connectivity index (χ4v) is 6.82. The zero-order valence-electron chi connectivity index (χ0n) is 28.1. The van der Waals surface area contributed by atoms with Gasteiger partial charge in [-0.15, -0.1) is 0 Å². The van der Waals surface area contributed by atoms with Crippen molar-refractivity contribution >= 4 is 43.5 Å². The Kier molecular flexibility index (Phi) is 11.9. The Hall–Kier alpha value is -4.35. The predicted molar refractivity (Wildman–Crippen MR) is 192 cm³/mol. The number of carbonyl (C=O) groups is 2. The molecule has 0 unspecified atom stereocenters. The highest BCUT2D eigenvalue weighted by atomic mass is 79.9. The molecule has 0 fully saturated rings. The van der Waals surface area contributed by atoms with Crippen molar-refractivity contribution in [3.8, 4) is 11.5 Å². The number of benzene rings is 4. The van der Waals surface area contributed by atoms with Crippen LogP contribution in [-0.2, 0) is 32.6 Å². The first kappa shape index (κ1) is 36.5. The topological polar surface area (TPSA) is 105 Å². The van der Waals surface area contributed by atoms with E-state index >= 15 is 0 Å². The standard InChI is InChI=1S/C37H42BrN3O6S/c1-26-12-19-31(20-13-26)48(44,45)41(32-23-30(46-5)18-21-34(32)47-6)25-35(42)40(24-28-14-16-29(38)17-15-28)33(36(43)39-37(2,3)4)22-27-10-8-7-9-11-27/h7-21,23,33H,22,24-25H2,1-6H3,(H,39,43)/t33-/m1/s1. The molecular weight excluding hydrogens is 694 g/mol. The molecule has 0 spiro atoms. The van der Waals surface area contributed by atoms with Crippen molar-refractivity contribution < 1.29 is 27.5 Å². The van der Waals surface area contributed by atoms with Gasteiger partial charge in [0.05, 0.1) is 24.8 Å². The lowest BCUT2D eigenvalue weighted by Crippen LogP contribution is -2.56. The number of methoxy groups -OCH3 is 2. The lowest BCUT2D eigenvalue weighted by Gasteiger charge is -2.35. The van der Waals surface area contributed by atoms with E-state index in [2.05, 4.69) is 21.2 Å². The summed E-state index contributed by atoms with van der Waals surface area (Å²) in [5, 5.41) is 3.04. The van der Waals surface area contributed by atoms with Crippen LogP contribution in [0.5, 0.6) is 11.5 Å². The molecular formula is C37H42BrN3O6S. The van der Waals surface area contributed by atoms with Gasteiger partial charge in [0.15, 0.2) is 0 Å². The minimum absolute atomic E-state index is 0.00320. The second-order valence-corrected chi connectivity index (χ2v) is 15.2. The Bertz CT molecular complexity index is 1810. The molecule has 1 N–H and O–H groups in total. The number of ether oxygens (including phenoxy) is 2. The number of anilines is 1. The third-order valence-corrected chi connectivity index (χ3v) is 9.88. The van der Waals surface area contributed by atoms with Gasteiger partial charge < -0.3 is 19.7 Å². The average Bonchev–Trinajstić information content (AvgIpc) is 3.05. The number of hydrogen-bond acceptors (Lipinski definition) is 6. The van der Waals surface area contributed by atoms with E-state index in [1.54, 1.807) is 24.3 Å². The van der Waals surface area contributed by atoms with Gasteiger partial charge >= 0.3 is 0 Å². The van der Waals surface area contributed by atoms with Gasteiger partial charge in [-0.2, -0.15) is 0 Å². The monoisotopic (exact) mass is 735 g/mol. The molecule has 0 saturated carbocycles. The van der Waals surface area contributed by atoms with Gasteiger partial charge in [-0.1, -0.05) is 76.1 Å². The van der Waals surface area contributed by atoms with Crippen LogP contribution < -0.4 is 19.1 Å². The quantitative estimate of drug-likeness (QED) is 0.168. The number of sulfonamides is 1. The maximum absolute atomic E-state index is 14.7. The maximum Gasteiger partial charge on any atom is 0.264 e. The number of carbonyl (C=O) groups excluding carboxylic acids is 2. The first-order valence-corrected chi connectivity index (χ1v) is 17.7. The van der Waals surface area contributed by atoms with Gasteiger partial charge in [0.1, 0.15) is 24.1 Å². The molecule has 0 saturated heterocycles. The second kappa shape index (κ2) is 15.7. The highest BCUT2D eigenvalue weighted by molar-refractivity contribution is 9.10. The van der Waals surface area contributed by atoms with Crippen molar-refractivity contribution in [1.29, 1.82) is 0 Å². The molecule has 0 aliphatic carbocycles. The molecule has 0 heterocycles. The number of halogens is 1. The molecule has 2 amide bonds. The summed E-state index contributed by atoms with van der Waals surface area (Å²) in [6.45, 7) is 6.90. The fourth-order valence-electron chi connectivity index (χ4n) is 5.14. The normalized spacial score (nSPS) is 12.1. The average molecular weight is 737 g/mol. The number of aryl methyl sites for hydroxylation is 1. The minimum Gasteiger partial charge on any atom is -0.497 e. The summed E-state index contributed by atoms with van der Waals surface area (Å²) in [6.07, 6.45) is 0.207. The van der Waals surface area contributed by atoms with Crippen LogP contribution in [0.4, 0.5) is 5.69 Å². The Morgan fingerprint density at radius 3 is 2.08 bits per heavy atom. The van der Waals surface area contributed by atoms with Crippen LogP contribution in [0.15, 0.2) is 106 Å². The molecule has 4 rings (SSSR count). The van der Waals surface area contributed by atoms with Crippen LogP contribution in [0.25, 0.3) is 0 Å². The molecule has 0 aliphatic heterocycles. The van der Waals surface area contributed by atoms with Crippen LogP contribution >= 0.6 is 15.9 Å². The van der Waals surface area contributed by atoms with Crippen LogP contribution in [0.2, 0.25) is 0 Å². The Morgan fingerprint density at radius 1 is 0.854 bits per heavy atom. The second-order valence-electron chi connectivity index (χ2n) is 12.5. The molecule has 4 aromatic rings. The molecule has 4 aromatic carbocycles. The number of hydrogen-bond donors (Lipinski definition) is 1. The summed E-state index contributed by atoms with van der Waals surface area (Å²) in [7, 11) is -1.43. The Morgan fingerprint density at radius 2 is 1.50 bits per heavy atom. The molecule has 0 radical (unpaired) electrons. The van der Waals surface area contributed by atoms with Gasteiger partial charge in [-0.05, 0) is 75.2 Å². The number of nitrogens with one attached hydrogen (secondary N) is 1. The molecule has 0 aliphatic rings. The minimum atomic E-state index is -4.33. The summed E-state index contributed by atoms with van der Waals surface area (Å²) in [4.78, 5) is 30.3. The molecule has 1 atom stereocenters. The van der Waals surface area contributed by atoms with E-state index < -0.39 is 34.1 Å². The number of rotatable bonds is 13. The molecule has 11 heteroatoms. The Balaban J connectivity index is 1.88. The highest BCUT2D eigenvalue weighted by Gasteiger charge is 2.36. The maximum atomic E-state index is 14.7. The van der Waals surface area contributed by atoms with E-state index in [-0.39, 0.29) is 35.2 Å². The number of nitrogens with zero attached hydrogens (tertiary/aromatic N) is 2. The van der Waals surface area contributed by atoms with E-state index in [1.165, 1.54) is 37.3 Å². The van der Waals surface area contributed by atoms with Crippen LogP contribution in [0, 0.1) is 6.92 Å². The molecule has 9 nitrogen and oxygen atoms in total. The van der Waals surface area contributed by atoms with E-state index in [1.807, 2.05) is 82.3 Å². The Labute approximate surface area is 292 Å². The molecule has 0 aromatic heterocycles.